The minimum absolute atomic E-state index is 0.575. The first-order valence-corrected chi connectivity index (χ1v) is 16.8. The van der Waals surface area contributed by atoms with Crippen molar-refractivity contribution in [1.29, 1.82) is 0 Å². The summed E-state index contributed by atoms with van der Waals surface area (Å²) in [5, 5.41) is 8.95. The molecule has 2 aromatic heterocycles. The second-order valence-corrected chi connectivity index (χ2v) is 13.4. The van der Waals surface area contributed by atoms with Crippen molar-refractivity contribution in [2.24, 2.45) is 5.92 Å². The SMILES string of the molecule is CC1C=CC(Nc2ccc(-c3ccc4c(c3)c3ccccc3n4-c3ccccc3)cc2-c2ccc3c(c2)sc2ccccc23)=CC1. The lowest BCUT2D eigenvalue weighted by atomic mass is 9.95. The first-order chi connectivity index (χ1) is 22.7. The highest BCUT2D eigenvalue weighted by Gasteiger charge is 2.16. The van der Waals surface area contributed by atoms with Crippen LogP contribution in [0.25, 0.3) is 69.9 Å². The van der Waals surface area contributed by atoms with E-state index in [1.165, 1.54) is 69.9 Å². The van der Waals surface area contributed by atoms with Gasteiger partial charge in [0.2, 0.25) is 0 Å². The van der Waals surface area contributed by atoms with E-state index in [4.69, 9.17) is 0 Å². The summed E-state index contributed by atoms with van der Waals surface area (Å²) in [4.78, 5) is 0. The number of benzene rings is 6. The maximum absolute atomic E-state index is 3.77. The molecule has 2 nitrogen and oxygen atoms in total. The number of hydrogen-bond donors (Lipinski definition) is 1. The lowest BCUT2D eigenvalue weighted by Gasteiger charge is -2.18. The molecule has 0 radical (unpaired) electrons. The maximum Gasteiger partial charge on any atom is 0.0541 e. The molecule has 220 valence electrons. The number of nitrogens with zero attached hydrogens (tertiary/aromatic N) is 1. The fourth-order valence-corrected chi connectivity index (χ4v) is 8.09. The summed E-state index contributed by atoms with van der Waals surface area (Å²) in [5.41, 5.74) is 10.7. The normalized spacial score (nSPS) is 14.8. The quantitative estimate of drug-likeness (QED) is 0.206. The van der Waals surface area contributed by atoms with E-state index in [1.54, 1.807) is 0 Å². The molecular formula is C43H32N2S. The third-order valence-electron chi connectivity index (χ3n) is 9.32. The summed E-state index contributed by atoms with van der Waals surface area (Å²) < 4.78 is 5.02. The van der Waals surface area contributed by atoms with Crippen molar-refractivity contribution in [3.63, 3.8) is 0 Å². The van der Waals surface area contributed by atoms with Crippen LogP contribution in [0.1, 0.15) is 13.3 Å². The van der Waals surface area contributed by atoms with E-state index in [9.17, 15) is 0 Å². The van der Waals surface area contributed by atoms with Gasteiger partial charge in [0.15, 0.2) is 0 Å². The molecule has 0 bridgehead atoms. The average Bonchev–Trinajstić information content (AvgIpc) is 3.65. The largest absolute Gasteiger partial charge is 0.355 e. The van der Waals surface area contributed by atoms with Crippen LogP contribution in [0.4, 0.5) is 5.69 Å². The Hall–Kier alpha value is -5.38. The van der Waals surface area contributed by atoms with Gasteiger partial charge in [0.1, 0.15) is 0 Å². The summed E-state index contributed by atoms with van der Waals surface area (Å²) in [7, 11) is 0. The number of allylic oxidation sites excluding steroid dienone is 3. The van der Waals surface area contributed by atoms with Crippen LogP contribution in [-0.4, -0.2) is 4.57 Å². The Balaban J connectivity index is 1.20. The van der Waals surface area contributed by atoms with Crippen molar-refractivity contribution in [3.05, 3.63) is 157 Å². The van der Waals surface area contributed by atoms with E-state index in [1.807, 2.05) is 11.3 Å². The summed E-state index contributed by atoms with van der Waals surface area (Å²) in [6.45, 7) is 2.26. The summed E-state index contributed by atoms with van der Waals surface area (Å²) >= 11 is 1.87. The molecule has 0 fully saturated rings. The van der Waals surface area contributed by atoms with E-state index in [2.05, 4.69) is 168 Å². The van der Waals surface area contributed by atoms with Crippen molar-refractivity contribution in [2.45, 2.75) is 13.3 Å². The molecule has 1 N–H and O–H groups in total. The van der Waals surface area contributed by atoms with Crippen LogP contribution < -0.4 is 5.32 Å². The minimum Gasteiger partial charge on any atom is -0.355 e. The van der Waals surface area contributed by atoms with E-state index in [0.29, 0.717) is 5.92 Å². The van der Waals surface area contributed by atoms with Gasteiger partial charge in [0.25, 0.3) is 0 Å². The zero-order chi connectivity index (χ0) is 30.6. The maximum atomic E-state index is 3.77. The fourth-order valence-electron chi connectivity index (χ4n) is 6.95. The number of fused-ring (bicyclic) bond motifs is 6. The molecule has 2 heterocycles. The Morgan fingerprint density at radius 2 is 1.33 bits per heavy atom. The van der Waals surface area contributed by atoms with E-state index < -0.39 is 0 Å². The van der Waals surface area contributed by atoms with E-state index >= 15 is 0 Å². The molecule has 1 aliphatic rings. The van der Waals surface area contributed by atoms with Crippen molar-refractivity contribution in [2.75, 3.05) is 5.32 Å². The first kappa shape index (κ1) is 27.0. The van der Waals surface area contributed by atoms with Gasteiger partial charge in [-0.15, -0.1) is 11.3 Å². The molecule has 9 rings (SSSR count). The van der Waals surface area contributed by atoms with Gasteiger partial charge in [-0.1, -0.05) is 97.9 Å². The Morgan fingerprint density at radius 1 is 0.609 bits per heavy atom. The number of anilines is 1. The molecule has 1 unspecified atom stereocenters. The van der Waals surface area contributed by atoms with Crippen LogP contribution in [0, 0.1) is 5.92 Å². The van der Waals surface area contributed by atoms with Gasteiger partial charge in [0, 0.05) is 53.6 Å². The monoisotopic (exact) mass is 608 g/mol. The van der Waals surface area contributed by atoms with Gasteiger partial charge in [-0.05, 0) is 89.7 Å². The van der Waals surface area contributed by atoms with Crippen molar-refractivity contribution in [3.8, 4) is 27.9 Å². The Kier molecular flexibility index (Phi) is 6.39. The molecule has 6 aromatic carbocycles. The Labute approximate surface area is 272 Å². The van der Waals surface area contributed by atoms with Crippen LogP contribution in [0.5, 0.6) is 0 Å². The smallest absolute Gasteiger partial charge is 0.0541 e. The van der Waals surface area contributed by atoms with Crippen molar-refractivity contribution >= 4 is 59.0 Å². The molecule has 46 heavy (non-hydrogen) atoms. The van der Waals surface area contributed by atoms with Crippen LogP contribution in [-0.2, 0) is 0 Å². The average molecular weight is 609 g/mol. The summed E-state index contributed by atoms with van der Waals surface area (Å²) in [6.07, 6.45) is 7.88. The topological polar surface area (TPSA) is 17.0 Å². The van der Waals surface area contributed by atoms with E-state index in [0.717, 1.165) is 17.8 Å². The lowest BCUT2D eigenvalue weighted by Crippen LogP contribution is -2.04. The number of para-hydroxylation sites is 2. The molecule has 0 spiro atoms. The molecular weight excluding hydrogens is 577 g/mol. The predicted molar refractivity (Wildman–Crippen MR) is 199 cm³/mol. The van der Waals surface area contributed by atoms with E-state index in [-0.39, 0.29) is 0 Å². The number of hydrogen-bond acceptors (Lipinski definition) is 2. The summed E-state index contributed by atoms with van der Waals surface area (Å²) in [6, 6.07) is 48.9. The fraction of sp³-hybridized carbons (Fsp3) is 0.0698. The highest BCUT2D eigenvalue weighted by atomic mass is 32.1. The first-order valence-electron chi connectivity index (χ1n) is 16.0. The molecule has 1 atom stereocenters. The van der Waals surface area contributed by atoms with Gasteiger partial charge in [-0.3, -0.25) is 0 Å². The number of thiophene rings is 1. The molecule has 3 heteroatoms. The van der Waals surface area contributed by atoms with Gasteiger partial charge in [-0.2, -0.15) is 0 Å². The molecule has 0 saturated heterocycles. The van der Waals surface area contributed by atoms with Gasteiger partial charge in [0.05, 0.1) is 11.0 Å². The second-order valence-electron chi connectivity index (χ2n) is 12.3. The van der Waals surface area contributed by atoms with Gasteiger partial charge in [-0.25, -0.2) is 0 Å². The molecule has 0 saturated carbocycles. The Bertz CT molecular complexity index is 2490. The molecule has 8 aromatic rings. The van der Waals surface area contributed by atoms with Gasteiger partial charge < -0.3 is 9.88 Å². The molecule has 0 aliphatic heterocycles. The van der Waals surface area contributed by atoms with Crippen LogP contribution >= 0.6 is 11.3 Å². The van der Waals surface area contributed by atoms with Crippen LogP contribution in [0.2, 0.25) is 0 Å². The van der Waals surface area contributed by atoms with Crippen LogP contribution in [0.15, 0.2) is 157 Å². The highest BCUT2D eigenvalue weighted by molar-refractivity contribution is 7.25. The number of nitrogens with one attached hydrogen (secondary N) is 1. The van der Waals surface area contributed by atoms with Gasteiger partial charge >= 0.3 is 0 Å². The highest BCUT2D eigenvalue weighted by Crippen LogP contribution is 2.41. The number of rotatable bonds is 5. The lowest BCUT2D eigenvalue weighted by molar-refractivity contribution is 0.731. The van der Waals surface area contributed by atoms with Crippen LogP contribution in [0.3, 0.4) is 0 Å². The molecule has 1 aliphatic carbocycles. The third kappa shape index (κ3) is 4.55. The second kappa shape index (κ2) is 10.9. The summed E-state index contributed by atoms with van der Waals surface area (Å²) in [5.74, 6) is 0.575. The molecule has 0 amide bonds. The van der Waals surface area contributed by atoms with Crippen molar-refractivity contribution in [1.82, 2.24) is 4.57 Å². The zero-order valence-corrected chi connectivity index (χ0v) is 26.4. The Morgan fingerprint density at radius 3 is 2.20 bits per heavy atom. The predicted octanol–water partition coefficient (Wildman–Crippen LogP) is 12.4. The zero-order valence-electron chi connectivity index (χ0n) is 25.6. The third-order valence-corrected chi connectivity index (χ3v) is 10.5. The standard InChI is InChI=1S/C43H32N2S/c1-28-15-20-32(21-16-28)44-39-23-18-29(25-37(39)31-17-22-36-35-12-6-8-14-42(35)46-43(36)27-31)30-19-24-41-38(26-30)34-11-5-7-13-40(34)45(41)33-9-3-2-4-10-33/h2-15,17-28,44H,16H2,1H3. The van der Waals surface area contributed by atoms with Crippen molar-refractivity contribution < 1.29 is 0 Å². The minimum atomic E-state index is 0.575. The number of aromatic nitrogens is 1.